The molecule has 0 saturated carbocycles. The van der Waals surface area contributed by atoms with Crippen molar-refractivity contribution >= 4 is 29.2 Å². The number of benzene rings is 1. The van der Waals surface area contributed by atoms with Gasteiger partial charge in [0.25, 0.3) is 0 Å². The molecule has 2 rings (SSSR count). The average Bonchev–Trinajstić information content (AvgIpc) is 2.63. The summed E-state index contributed by atoms with van der Waals surface area (Å²) in [7, 11) is 0. The van der Waals surface area contributed by atoms with Gasteiger partial charge in [-0.3, -0.25) is 0 Å². The lowest BCUT2D eigenvalue weighted by Crippen LogP contribution is -1.86. The van der Waals surface area contributed by atoms with E-state index in [1.807, 2.05) is 18.2 Å². The van der Waals surface area contributed by atoms with Crippen molar-refractivity contribution in [2.24, 2.45) is 0 Å². The van der Waals surface area contributed by atoms with Gasteiger partial charge in [0.2, 0.25) is 5.95 Å². The van der Waals surface area contributed by atoms with Crippen LogP contribution in [0.5, 0.6) is 0 Å². The van der Waals surface area contributed by atoms with Crippen molar-refractivity contribution in [3.63, 3.8) is 0 Å². The van der Waals surface area contributed by atoms with E-state index in [0.717, 1.165) is 10.8 Å². The Morgan fingerprint density at radius 2 is 2.07 bits per heavy atom. The first-order valence-electron chi connectivity index (χ1n) is 4.10. The molecule has 0 aliphatic rings. The standard InChI is InChI=1S/C9H9N3S2/c10-9-11-8(14-12-9)6-13-7-4-2-1-3-5-7/h1-5H,6H2,(H2,10,12). The number of anilines is 1. The summed E-state index contributed by atoms with van der Waals surface area (Å²) in [4.78, 5) is 5.33. The van der Waals surface area contributed by atoms with Crippen LogP contribution in [0.4, 0.5) is 5.95 Å². The van der Waals surface area contributed by atoms with Crippen LogP contribution in [0.2, 0.25) is 0 Å². The predicted molar refractivity (Wildman–Crippen MR) is 60.3 cm³/mol. The Labute approximate surface area is 90.5 Å². The van der Waals surface area contributed by atoms with Gasteiger partial charge in [0.05, 0.1) is 5.75 Å². The summed E-state index contributed by atoms with van der Waals surface area (Å²) in [5.74, 6) is 1.21. The van der Waals surface area contributed by atoms with E-state index in [2.05, 4.69) is 21.5 Å². The van der Waals surface area contributed by atoms with Gasteiger partial charge in [0.15, 0.2) is 0 Å². The van der Waals surface area contributed by atoms with Crippen molar-refractivity contribution in [2.45, 2.75) is 10.6 Å². The molecular weight excluding hydrogens is 214 g/mol. The number of hydrogen-bond acceptors (Lipinski definition) is 5. The van der Waals surface area contributed by atoms with Gasteiger partial charge in [0.1, 0.15) is 5.01 Å². The number of nitrogen functional groups attached to an aromatic ring is 1. The number of aromatic nitrogens is 2. The summed E-state index contributed by atoms with van der Waals surface area (Å²) in [5, 5.41) is 0.969. The van der Waals surface area contributed by atoms with E-state index in [1.54, 1.807) is 11.8 Å². The first kappa shape index (κ1) is 9.48. The number of thioether (sulfide) groups is 1. The molecular formula is C9H9N3S2. The molecule has 0 amide bonds. The largest absolute Gasteiger partial charge is 0.367 e. The van der Waals surface area contributed by atoms with Gasteiger partial charge in [-0.05, 0) is 23.7 Å². The van der Waals surface area contributed by atoms with Crippen LogP contribution in [-0.2, 0) is 5.75 Å². The van der Waals surface area contributed by atoms with E-state index in [4.69, 9.17) is 5.73 Å². The lowest BCUT2D eigenvalue weighted by molar-refractivity contribution is 1.24. The highest BCUT2D eigenvalue weighted by Gasteiger charge is 2.01. The molecule has 0 spiro atoms. The Morgan fingerprint density at radius 1 is 1.29 bits per heavy atom. The Morgan fingerprint density at radius 3 is 2.71 bits per heavy atom. The first-order chi connectivity index (χ1) is 6.84. The third-order valence-electron chi connectivity index (χ3n) is 1.59. The number of hydrogen-bond donors (Lipinski definition) is 1. The molecule has 0 aliphatic carbocycles. The van der Waals surface area contributed by atoms with Crippen molar-refractivity contribution in [3.8, 4) is 0 Å². The van der Waals surface area contributed by atoms with Crippen molar-refractivity contribution in [1.82, 2.24) is 9.36 Å². The molecule has 0 aliphatic heterocycles. The van der Waals surface area contributed by atoms with E-state index in [-0.39, 0.29) is 0 Å². The normalized spacial score (nSPS) is 10.3. The highest BCUT2D eigenvalue weighted by Crippen LogP contribution is 2.23. The maximum atomic E-state index is 5.43. The van der Waals surface area contributed by atoms with Crippen molar-refractivity contribution < 1.29 is 0 Å². The Kier molecular flexibility index (Phi) is 3.00. The van der Waals surface area contributed by atoms with Crippen molar-refractivity contribution in [2.75, 3.05) is 5.73 Å². The summed E-state index contributed by atoms with van der Waals surface area (Å²) in [6, 6.07) is 10.2. The van der Waals surface area contributed by atoms with E-state index in [0.29, 0.717) is 5.95 Å². The second-order valence-corrected chi connectivity index (χ2v) is 4.53. The Bertz CT molecular complexity index is 399. The number of nitrogens with zero attached hydrogens (tertiary/aromatic N) is 2. The molecule has 1 aromatic heterocycles. The topological polar surface area (TPSA) is 51.8 Å². The zero-order valence-corrected chi connectivity index (χ0v) is 9.02. The molecule has 14 heavy (non-hydrogen) atoms. The molecule has 0 fully saturated rings. The van der Waals surface area contributed by atoms with Crippen LogP contribution >= 0.6 is 23.3 Å². The number of nitrogens with two attached hydrogens (primary N) is 1. The molecule has 72 valence electrons. The van der Waals surface area contributed by atoms with Crippen LogP contribution in [-0.4, -0.2) is 9.36 Å². The summed E-state index contributed by atoms with van der Waals surface area (Å²) < 4.78 is 3.92. The smallest absolute Gasteiger partial charge is 0.232 e. The SMILES string of the molecule is Nc1nsc(CSc2ccccc2)n1. The molecule has 1 aromatic carbocycles. The first-order valence-corrected chi connectivity index (χ1v) is 5.86. The summed E-state index contributed by atoms with van der Waals surface area (Å²) >= 11 is 3.10. The van der Waals surface area contributed by atoms with Gasteiger partial charge in [0, 0.05) is 4.90 Å². The minimum absolute atomic E-state index is 0.374. The van der Waals surface area contributed by atoms with Crippen LogP contribution in [0.3, 0.4) is 0 Å². The molecule has 0 unspecified atom stereocenters. The van der Waals surface area contributed by atoms with E-state index in [9.17, 15) is 0 Å². The quantitative estimate of drug-likeness (QED) is 0.812. The highest BCUT2D eigenvalue weighted by atomic mass is 32.2. The van der Waals surface area contributed by atoms with E-state index < -0.39 is 0 Å². The maximum Gasteiger partial charge on any atom is 0.232 e. The summed E-state index contributed by atoms with van der Waals surface area (Å²) in [6.07, 6.45) is 0. The Hall–Kier alpha value is -1.07. The van der Waals surface area contributed by atoms with Crippen LogP contribution in [0, 0.1) is 0 Å². The number of rotatable bonds is 3. The van der Waals surface area contributed by atoms with Crippen LogP contribution in [0.1, 0.15) is 5.01 Å². The summed E-state index contributed by atoms with van der Waals surface area (Å²) in [6.45, 7) is 0. The summed E-state index contributed by atoms with van der Waals surface area (Å²) in [5.41, 5.74) is 5.43. The van der Waals surface area contributed by atoms with Gasteiger partial charge in [-0.1, -0.05) is 18.2 Å². The fourth-order valence-electron chi connectivity index (χ4n) is 0.988. The third kappa shape index (κ3) is 2.46. The monoisotopic (exact) mass is 223 g/mol. The Balaban J connectivity index is 1.95. The van der Waals surface area contributed by atoms with Gasteiger partial charge < -0.3 is 5.73 Å². The lowest BCUT2D eigenvalue weighted by atomic mass is 10.4. The van der Waals surface area contributed by atoms with Gasteiger partial charge in [-0.25, -0.2) is 4.98 Å². The molecule has 0 bridgehead atoms. The van der Waals surface area contributed by atoms with Crippen molar-refractivity contribution in [1.29, 1.82) is 0 Å². The lowest BCUT2D eigenvalue weighted by Gasteiger charge is -1.96. The zero-order valence-electron chi connectivity index (χ0n) is 7.38. The molecule has 2 N–H and O–H groups in total. The second kappa shape index (κ2) is 4.43. The average molecular weight is 223 g/mol. The van der Waals surface area contributed by atoms with Crippen LogP contribution in [0.15, 0.2) is 35.2 Å². The molecule has 2 aromatic rings. The van der Waals surface area contributed by atoms with Gasteiger partial charge >= 0.3 is 0 Å². The van der Waals surface area contributed by atoms with Crippen LogP contribution < -0.4 is 5.73 Å². The molecule has 0 radical (unpaired) electrons. The fraction of sp³-hybridized carbons (Fsp3) is 0.111. The van der Waals surface area contributed by atoms with E-state index >= 15 is 0 Å². The fourth-order valence-corrected chi connectivity index (χ4v) is 2.45. The second-order valence-electron chi connectivity index (χ2n) is 2.65. The zero-order chi connectivity index (χ0) is 9.80. The minimum atomic E-state index is 0.374. The van der Waals surface area contributed by atoms with Gasteiger partial charge in [-0.2, -0.15) is 4.37 Å². The van der Waals surface area contributed by atoms with Crippen molar-refractivity contribution in [3.05, 3.63) is 35.3 Å². The molecule has 5 heteroatoms. The molecule has 1 heterocycles. The van der Waals surface area contributed by atoms with Gasteiger partial charge in [-0.15, -0.1) is 11.8 Å². The van der Waals surface area contributed by atoms with E-state index in [1.165, 1.54) is 16.4 Å². The predicted octanol–water partition coefficient (Wildman–Crippen LogP) is 2.41. The molecule has 0 atom stereocenters. The minimum Gasteiger partial charge on any atom is -0.367 e. The van der Waals surface area contributed by atoms with Crippen LogP contribution in [0.25, 0.3) is 0 Å². The molecule has 0 saturated heterocycles. The third-order valence-corrected chi connectivity index (χ3v) is 3.52. The maximum absolute atomic E-state index is 5.43. The highest BCUT2D eigenvalue weighted by molar-refractivity contribution is 7.98. The molecule has 3 nitrogen and oxygen atoms in total.